The minimum Gasteiger partial charge on any atom is -0.478 e. The van der Waals surface area contributed by atoms with Crippen LogP contribution in [0.15, 0.2) is 18.2 Å². The summed E-state index contributed by atoms with van der Waals surface area (Å²) in [7, 11) is 0. The number of hydrogen-bond acceptors (Lipinski definition) is 2. The van der Waals surface area contributed by atoms with Crippen molar-refractivity contribution in [3.63, 3.8) is 0 Å². The number of carbonyl (C=O) groups is 1. The zero-order valence-corrected chi connectivity index (χ0v) is 12.2. The zero-order chi connectivity index (χ0) is 13.1. The third kappa shape index (κ3) is 4.10. The zero-order valence-electron chi connectivity index (χ0n) is 10.6. The van der Waals surface area contributed by atoms with E-state index in [-0.39, 0.29) is 18.4 Å². The molecule has 0 heterocycles. The fraction of sp³-hybridized carbons (Fsp3) is 0.500. The van der Waals surface area contributed by atoms with E-state index in [9.17, 15) is 4.79 Å². The van der Waals surface area contributed by atoms with E-state index in [0.717, 1.165) is 31.2 Å². The van der Waals surface area contributed by atoms with Gasteiger partial charge in [0.2, 0.25) is 0 Å². The second kappa shape index (κ2) is 7.13. The van der Waals surface area contributed by atoms with Crippen LogP contribution in [-0.4, -0.2) is 17.1 Å². The van der Waals surface area contributed by atoms with Crippen molar-refractivity contribution < 1.29 is 9.90 Å². The molecule has 0 amide bonds. The van der Waals surface area contributed by atoms with Gasteiger partial charge in [0.1, 0.15) is 0 Å². The summed E-state index contributed by atoms with van der Waals surface area (Å²) in [5.41, 5.74) is 7.20. The van der Waals surface area contributed by atoms with E-state index in [4.69, 9.17) is 22.4 Å². The van der Waals surface area contributed by atoms with Crippen molar-refractivity contribution in [1.29, 1.82) is 0 Å². The van der Waals surface area contributed by atoms with Crippen LogP contribution < -0.4 is 5.73 Å². The van der Waals surface area contributed by atoms with E-state index in [1.807, 2.05) is 0 Å². The van der Waals surface area contributed by atoms with Crippen molar-refractivity contribution in [1.82, 2.24) is 0 Å². The van der Waals surface area contributed by atoms with E-state index in [1.165, 1.54) is 6.42 Å². The second-order valence-corrected chi connectivity index (χ2v) is 5.44. The van der Waals surface area contributed by atoms with Gasteiger partial charge >= 0.3 is 5.97 Å². The molecule has 0 radical (unpaired) electrons. The van der Waals surface area contributed by atoms with Gasteiger partial charge in [0.05, 0.1) is 5.56 Å². The molecule has 1 aromatic rings. The standard InChI is InChI=1S/C14H18ClNO2.ClH/c15-11-6-7-12(14(17)18)10(8-11)5-4-9-2-1-3-13(9)16;/h6-9,13H,1-5,16H2,(H,17,18);1H/t9-,13+;/m0./s1. The summed E-state index contributed by atoms with van der Waals surface area (Å²) >= 11 is 5.93. The van der Waals surface area contributed by atoms with Gasteiger partial charge in [-0.2, -0.15) is 0 Å². The van der Waals surface area contributed by atoms with Crippen molar-refractivity contribution in [2.75, 3.05) is 0 Å². The minimum absolute atomic E-state index is 0. The molecule has 0 aromatic heterocycles. The van der Waals surface area contributed by atoms with Crippen LogP contribution >= 0.6 is 24.0 Å². The van der Waals surface area contributed by atoms with Gasteiger partial charge < -0.3 is 10.8 Å². The Morgan fingerprint density at radius 1 is 1.42 bits per heavy atom. The summed E-state index contributed by atoms with van der Waals surface area (Å²) < 4.78 is 0. The van der Waals surface area contributed by atoms with Gasteiger partial charge in [-0.05, 0) is 55.4 Å². The van der Waals surface area contributed by atoms with E-state index in [2.05, 4.69) is 0 Å². The summed E-state index contributed by atoms with van der Waals surface area (Å²) in [4.78, 5) is 11.1. The molecule has 1 saturated carbocycles. The Balaban J connectivity index is 0.00000180. The van der Waals surface area contributed by atoms with E-state index < -0.39 is 5.97 Å². The molecule has 3 N–H and O–H groups in total. The number of carboxylic acid groups (broad SMARTS) is 1. The van der Waals surface area contributed by atoms with Gasteiger partial charge in [0, 0.05) is 11.1 Å². The Bertz CT molecular complexity index is 451. The van der Waals surface area contributed by atoms with Gasteiger partial charge in [-0.3, -0.25) is 0 Å². The number of hydrogen-bond donors (Lipinski definition) is 2. The molecular formula is C14H19Cl2NO2. The monoisotopic (exact) mass is 303 g/mol. The largest absolute Gasteiger partial charge is 0.478 e. The van der Waals surface area contributed by atoms with Crippen LogP contribution in [0.5, 0.6) is 0 Å². The van der Waals surface area contributed by atoms with Crippen LogP contribution in [0.1, 0.15) is 41.6 Å². The molecule has 0 bridgehead atoms. The Hall–Kier alpha value is -0.770. The minimum atomic E-state index is -0.891. The van der Waals surface area contributed by atoms with Gasteiger partial charge in [0.25, 0.3) is 0 Å². The summed E-state index contributed by atoms with van der Waals surface area (Å²) in [5, 5.41) is 9.72. The van der Waals surface area contributed by atoms with E-state index >= 15 is 0 Å². The van der Waals surface area contributed by atoms with Crippen LogP contribution in [0.3, 0.4) is 0 Å². The summed E-state index contributed by atoms with van der Waals surface area (Å²) in [6.07, 6.45) is 5.12. The normalized spacial score (nSPS) is 22.0. The highest BCUT2D eigenvalue weighted by Gasteiger charge is 2.24. The number of aromatic carboxylic acids is 1. The van der Waals surface area contributed by atoms with Crippen LogP contribution in [0.4, 0.5) is 0 Å². The number of benzene rings is 1. The third-order valence-electron chi connectivity index (χ3n) is 3.80. The number of halogens is 2. The molecule has 2 rings (SSSR count). The highest BCUT2D eigenvalue weighted by atomic mass is 35.5. The molecule has 0 saturated heterocycles. The first-order valence-electron chi connectivity index (χ1n) is 6.35. The molecule has 1 aliphatic rings. The second-order valence-electron chi connectivity index (χ2n) is 5.00. The smallest absolute Gasteiger partial charge is 0.335 e. The van der Waals surface area contributed by atoms with Gasteiger partial charge in [0.15, 0.2) is 0 Å². The summed E-state index contributed by atoms with van der Waals surface area (Å²) in [6.45, 7) is 0. The Kier molecular flexibility index (Phi) is 6.11. The van der Waals surface area contributed by atoms with Gasteiger partial charge in [-0.25, -0.2) is 4.79 Å². The topological polar surface area (TPSA) is 63.3 Å². The third-order valence-corrected chi connectivity index (χ3v) is 4.04. The predicted octanol–water partition coefficient (Wildman–Crippen LogP) is 3.52. The lowest BCUT2D eigenvalue weighted by Gasteiger charge is -2.15. The fourth-order valence-electron chi connectivity index (χ4n) is 2.74. The SMILES string of the molecule is Cl.N[C@@H]1CCC[C@H]1CCc1cc(Cl)ccc1C(=O)O. The lowest BCUT2D eigenvalue weighted by Crippen LogP contribution is -2.24. The molecule has 0 spiro atoms. The molecule has 3 nitrogen and oxygen atoms in total. The Morgan fingerprint density at radius 2 is 2.16 bits per heavy atom. The molecule has 106 valence electrons. The lowest BCUT2D eigenvalue weighted by molar-refractivity contribution is 0.0695. The predicted molar refractivity (Wildman–Crippen MR) is 79.3 cm³/mol. The van der Waals surface area contributed by atoms with Crippen molar-refractivity contribution in [3.8, 4) is 0 Å². The van der Waals surface area contributed by atoms with Gasteiger partial charge in [-0.15, -0.1) is 12.4 Å². The summed E-state index contributed by atoms with van der Waals surface area (Å²) in [5.74, 6) is -0.372. The maximum absolute atomic E-state index is 11.1. The van der Waals surface area contributed by atoms with Crippen molar-refractivity contribution >= 4 is 30.0 Å². The molecule has 2 atom stereocenters. The van der Waals surface area contributed by atoms with Crippen molar-refractivity contribution in [2.45, 2.75) is 38.1 Å². The maximum Gasteiger partial charge on any atom is 0.335 e. The van der Waals surface area contributed by atoms with Crippen LogP contribution in [-0.2, 0) is 6.42 Å². The molecule has 1 fully saturated rings. The molecule has 5 heteroatoms. The average molecular weight is 304 g/mol. The summed E-state index contributed by atoms with van der Waals surface area (Å²) in [6, 6.07) is 5.23. The first kappa shape index (κ1) is 16.3. The van der Waals surface area contributed by atoms with Crippen molar-refractivity contribution in [2.24, 2.45) is 11.7 Å². The molecule has 0 unspecified atom stereocenters. The van der Waals surface area contributed by atoms with E-state index in [0.29, 0.717) is 16.5 Å². The molecule has 0 aliphatic heterocycles. The molecular weight excluding hydrogens is 285 g/mol. The Labute approximate surface area is 124 Å². The first-order valence-corrected chi connectivity index (χ1v) is 6.73. The number of aryl methyl sites for hydroxylation is 1. The molecule has 1 aromatic carbocycles. The maximum atomic E-state index is 11.1. The number of carboxylic acids is 1. The quantitative estimate of drug-likeness (QED) is 0.894. The highest BCUT2D eigenvalue weighted by molar-refractivity contribution is 6.30. The Morgan fingerprint density at radius 3 is 2.74 bits per heavy atom. The van der Waals surface area contributed by atoms with Gasteiger partial charge in [-0.1, -0.05) is 18.0 Å². The molecule has 19 heavy (non-hydrogen) atoms. The lowest BCUT2D eigenvalue weighted by atomic mass is 9.93. The average Bonchev–Trinajstić information content (AvgIpc) is 2.72. The highest BCUT2D eigenvalue weighted by Crippen LogP contribution is 2.29. The number of rotatable bonds is 4. The number of nitrogens with two attached hydrogens (primary N) is 1. The fourth-order valence-corrected chi connectivity index (χ4v) is 2.94. The van der Waals surface area contributed by atoms with E-state index in [1.54, 1.807) is 18.2 Å². The first-order chi connectivity index (χ1) is 8.58. The van der Waals surface area contributed by atoms with Crippen LogP contribution in [0, 0.1) is 5.92 Å². The molecule has 1 aliphatic carbocycles. The van der Waals surface area contributed by atoms with Crippen molar-refractivity contribution in [3.05, 3.63) is 34.3 Å². The van der Waals surface area contributed by atoms with Crippen LogP contribution in [0.2, 0.25) is 5.02 Å². The van der Waals surface area contributed by atoms with Crippen LogP contribution in [0.25, 0.3) is 0 Å².